The number of ketones is 1. The highest BCUT2D eigenvalue weighted by Gasteiger charge is 2.23. The molecular formula is C17H18N4O4. The molecule has 0 atom stereocenters. The van der Waals surface area contributed by atoms with E-state index in [-0.39, 0.29) is 36.2 Å². The molecule has 0 aliphatic rings. The van der Waals surface area contributed by atoms with Gasteiger partial charge in [0.15, 0.2) is 12.1 Å². The zero-order valence-electron chi connectivity index (χ0n) is 14.0. The number of nitrogens with zero attached hydrogens (tertiary/aromatic N) is 4. The molecule has 0 spiro atoms. The van der Waals surface area contributed by atoms with Crippen LogP contribution in [0.5, 0.6) is 0 Å². The van der Waals surface area contributed by atoms with Gasteiger partial charge in [0.1, 0.15) is 11.4 Å². The number of benzene rings is 1. The molecule has 0 fully saturated rings. The number of anilines is 1. The van der Waals surface area contributed by atoms with Crippen LogP contribution < -0.4 is 4.90 Å². The fourth-order valence-electron chi connectivity index (χ4n) is 2.42. The number of carbonyl (C=O) groups excluding carboxylic acids is 2. The molecule has 0 amide bonds. The molecule has 0 radical (unpaired) electrons. The molecule has 2 aromatic rings. The first-order valence-corrected chi connectivity index (χ1v) is 7.67. The van der Waals surface area contributed by atoms with E-state index in [0.717, 1.165) is 5.56 Å². The Morgan fingerprint density at radius 1 is 1.28 bits per heavy atom. The highest BCUT2D eigenvalue weighted by molar-refractivity contribution is 6.24. The van der Waals surface area contributed by atoms with Gasteiger partial charge in [-0.1, -0.05) is 30.3 Å². The predicted octanol–water partition coefficient (Wildman–Crippen LogP) is 2.03. The van der Waals surface area contributed by atoms with E-state index in [2.05, 4.69) is 9.97 Å². The van der Waals surface area contributed by atoms with Crippen LogP contribution in [-0.2, 0) is 22.6 Å². The van der Waals surface area contributed by atoms with Gasteiger partial charge in [0.2, 0.25) is 5.95 Å². The van der Waals surface area contributed by atoms with E-state index in [9.17, 15) is 19.7 Å². The first-order chi connectivity index (χ1) is 11.9. The van der Waals surface area contributed by atoms with E-state index < -0.39 is 10.7 Å². The van der Waals surface area contributed by atoms with Crippen LogP contribution in [-0.4, -0.2) is 34.0 Å². The zero-order chi connectivity index (χ0) is 18.4. The van der Waals surface area contributed by atoms with Crippen molar-refractivity contribution in [1.29, 1.82) is 0 Å². The largest absolute Gasteiger partial charge is 0.340 e. The summed E-state index contributed by atoms with van der Waals surface area (Å²) in [5.74, 6) is -0.287. The van der Waals surface area contributed by atoms with Crippen molar-refractivity contribution in [3.8, 4) is 0 Å². The van der Waals surface area contributed by atoms with E-state index in [4.69, 9.17) is 0 Å². The zero-order valence-corrected chi connectivity index (χ0v) is 14.0. The summed E-state index contributed by atoms with van der Waals surface area (Å²) in [5.41, 5.74) is 1.21. The number of Topliss-reactive ketones (excluding diaryl/α,β-unsaturated/α-hetero) is 1. The van der Waals surface area contributed by atoms with Crippen molar-refractivity contribution in [2.45, 2.75) is 26.3 Å². The molecule has 8 heteroatoms. The van der Waals surface area contributed by atoms with Gasteiger partial charge in [0.05, 0.1) is 4.92 Å². The minimum Gasteiger partial charge on any atom is -0.340 e. The summed E-state index contributed by atoms with van der Waals surface area (Å²) in [6.45, 7) is 2.06. The lowest BCUT2D eigenvalue weighted by Crippen LogP contribution is -2.21. The second-order valence-electron chi connectivity index (χ2n) is 5.59. The van der Waals surface area contributed by atoms with Crippen LogP contribution in [0.1, 0.15) is 23.4 Å². The Kier molecular flexibility index (Phi) is 5.89. The van der Waals surface area contributed by atoms with Crippen molar-refractivity contribution < 1.29 is 14.5 Å². The Balaban J connectivity index is 2.32. The lowest BCUT2D eigenvalue weighted by Gasteiger charge is -2.18. The standard InChI is InChI=1S/C17H18N4O4/c1-12-16(21(24)25)15(9-8-14(23)11-22)19-17(18-12)20(2)10-13-6-4-3-5-7-13/h3-7,11H,8-10H2,1-2H3. The SMILES string of the molecule is Cc1nc(N(C)Cc2ccccc2)nc(CCC(=O)C=O)c1[N+](=O)[O-]. The summed E-state index contributed by atoms with van der Waals surface area (Å²) in [7, 11) is 1.79. The van der Waals surface area contributed by atoms with Crippen LogP contribution in [0.2, 0.25) is 0 Å². The van der Waals surface area contributed by atoms with Gasteiger partial charge in [0, 0.05) is 26.4 Å². The molecule has 8 nitrogen and oxygen atoms in total. The molecule has 1 aromatic heterocycles. The number of aryl methyl sites for hydroxylation is 2. The molecule has 130 valence electrons. The number of aromatic nitrogens is 2. The fourth-order valence-corrected chi connectivity index (χ4v) is 2.42. The quantitative estimate of drug-likeness (QED) is 0.313. The Hall–Kier alpha value is -3.16. The average molecular weight is 342 g/mol. The Bertz CT molecular complexity index is 793. The number of aldehydes is 1. The minimum atomic E-state index is -0.621. The van der Waals surface area contributed by atoms with E-state index in [1.54, 1.807) is 11.9 Å². The highest BCUT2D eigenvalue weighted by Crippen LogP contribution is 2.24. The summed E-state index contributed by atoms with van der Waals surface area (Å²) in [6, 6.07) is 9.66. The molecule has 0 saturated heterocycles. The van der Waals surface area contributed by atoms with Gasteiger partial charge in [0.25, 0.3) is 0 Å². The maximum Gasteiger partial charge on any atom is 0.311 e. The van der Waals surface area contributed by atoms with Gasteiger partial charge in [-0.05, 0) is 12.5 Å². The van der Waals surface area contributed by atoms with Crippen molar-refractivity contribution in [3.63, 3.8) is 0 Å². The molecule has 25 heavy (non-hydrogen) atoms. The van der Waals surface area contributed by atoms with Gasteiger partial charge < -0.3 is 4.90 Å². The molecular weight excluding hydrogens is 324 g/mol. The molecule has 2 rings (SSSR count). The molecule has 0 N–H and O–H groups in total. The molecule has 1 heterocycles. The maximum atomic E-state index is 11.3. The molecule has 0 unspecified atom stereocenters. The van der Waals surface area contributed by atoms with E-state index in [1.807, 2.05) is 30.3 Å². The van der Waals surface area contributed by atoms with Crippen molar-refractivity contribution in [3.05, 3.63) is 57.4 Å². The summed E-state index contributed by atoms with van der Waals surface area (Å²) in [4.78, 5) is 42.7. The summed E-state index contributed by atoms with van der Waals surface area (Å²) >= 11 is 0. The lowest BCUT2D eigenvalue weighted by atomic mass is 10.1. The summed E-state index contributed by atoms with van der Waals surface area (Å²) < 4.78 is 0. The minimum absolute atomic E-state index is 0.0173. The van der Waals surface area contributed by atoms with Crippen LogP contribution in [0, 0.1) is 17.0 Å². The third-order valence-electron chi connectivity index (χ3n) is 3.64. The Morgan fingerprint density at radius 3 is 2.56 bits per heavy atom. The van der Waals surface area contributed by atoms with Crippen LogP contribution in [0.3, 0.4) is 0 Å². The third kappa shape index (κ3) is 4.66. The highest BCUT2D eigenvalue weighted by atomic mass is 16.6. The van der Waals surface area contributed by atoms with Crippen molar-refractivity contribution in [1.82, 2.24) is 9.97 Å². The Morgan fingerprint density at radius 2 is 1.96 bits per heavy atom. The lowest BCUT2D eigenvalue weighted by molar-refractivity contribution is -0.386. The van der Waals surface area contributed by atoms with Crippen LogP contribution in [0.4, 0.5) is 11.6 Å². The third-order valence-corrected chi connectivity index (χ3v) is 3.64. The summed E-state index contributed by atoms with van der Waals surface area (Å²) in [6.07, 6.45) is 0.106. The average Bonchev–Trinajstić information content (AvgIpc) is 2.59. The normalized spacial score (nSPS) is 10.3. The van der Waals surface area contributed by atoms with Crippen molar-refractivity contribution >= 4 is 23.7 Å². The second kappa shape index (κ2) is 8.09. The molecule has 0 bridgehead atoms. The van der Waals surface area contributed by atoms with E-state index in [0.29, 0.717) is 12.5 Å². The van der Waals surface area contributed by atoms with Gasteiger partial charge in [-0.15, -0.1) is 0 Å². The van der Waals surface area contributed by atoms with E-state index in [1.165, 1.54) is 6.92 Å². The second-order valence-corrected chi connectivity index (χ2v) is 5.59. The molecule has 0 aliphatic carbocycles. The van der Waals surface area contributed by atoms with Crippen LogP contribution in [0.15, 0.2) is 30.3 Å². The number of nitro groups is 1. The predicted molar refractivity (Wildman–Crippen MR) is 91.4 cm³/mol. The van der Waals surface area contributed by atoms with E-state index >= 15 is 0 Å². The number of rotatable bonds is 8. The van der Waals surface area contributed by atoms with Crippen LogP contribution >= 0.6 is 0 Å². The number of hydrogen-bond acceptors (Lipinski definition) is 7. The van der Waals surface area contributed by atoms with Gasteiger partial charge in [-0.2, -0.15) is 0 Å². The molecule has 0 aliphatic heterocycles. The van der Waals surface area contributed by atoms with Gasteiger partial charge in [-0.3, -0.25) is 19.7 Å². The maximum absolute atomic E-state index is 11.3. The van der Waals surface area contributed by atoms with Crippen LogP contribution in [0.25, 0.3) is 0 Å². The molecule has 1 aromatic carbocycles. The number of hydrogen-bond donors (Lipinski definition) is 0. The molecule has 0 saturated carbocycles. The smallest absolute Gasteiger partial charge is 0.311 e. The topological polar surface area (TPSA) is 106 Å². The Labute approximate surface area is 144 Å². The van der Waals surface area contributed by atoms with Gasteiger partial charge in [-0.25, -0.2) is 9.97 Å². The first-order valence-electron chi connectivity index (χ1n) is 7.67. The monoisotopic (exact) mass is 342 g/mol. The van der Waals surface area contributed by atoms with Crippen molar-refractivity contribution in [2.75, 3.05) is 11.9 Å². The summed E-state index contributed by atoms with van der Waals surface area (Å²) in [5, 5.41) is 11.3. The first kappa shape index (κ1) is 18.2. The van der Waals surface area contributed by atoms with Gasteiger partial charge >= 0.3 is 5.69 Å². The fraction of sp³-hybridized carbons (Fsp3) is 0.294. The number of carbonyl (C=O) groups is 2. The van der Waals surface area contributed by atoms with Crippen molar-refractivity contribution in [2.24, 2.45) is 0 Å².